The lowest BCUT2D eigenvalue weighted by Crippen LogP contribution is -2.14. The van der Waals surface area contributed by atoms with Crippen LogP contribution in [-0.2, 0) is 0 Å². The third kappa shape index (κ3) is 6.39. The smallest absolute Gasteiger partial charge is 0.187 e. The number of nitriles is 1. The minimum Gasteiger partial charge on any atom is -0.307 e. The third-order valence-electron chi connectivity index (χ3n) is 11.3. The number of anilines is 6. The van der Waals surface area contributed by atoms with E-state index in [4.69, 9.17) is 6.57 Å². The number of hydrogen-bond acceptors (Lipinski definition) is 3. The summed E-state index contributed by atoms with van der Waals surface area (Å²) in [5.41, 5.74) is 4.13. The number of rotatable bonds is 8. The molecule has 0 unspecified atom stereocenters. The average Bonchev–Trinajstić information content (AvgIpc) is 3.32. The van der Waals surface area contributed by atoms with Crippen LogP contribution in [-0.4, -0.2) is 0 Å². The maximum absolute atomic E-state index is 16.6. The first-order valence-corrected chi connectivity index (χ1v) is 19.7. The molecule has 8 heteroatoms. The standard InChI is InChI=1S/C54H30F4N4/c1-60-38-18-22-40(23-19-38)62(52-31-46(56)44(29-48(52)58)35-10-6-3-7-11-35)50-27-17-37-14-24-41-49(26-16-36-15-25-42(50)54(37)53(36)41)61(39-20-12-33(32-59)13-21-39)51-30-45(55)43(28-47(51)57)34-8-4-2-5-9-34/h2-31H. The highest BCUT2D eigenvalue weighted by atomic mass is 19.1. The van der Waals surface area contributed by atoms with Gasteiger partial charge in [-0.2, -0.15) is 5.26 Å². The van der Waals surface area contributed by atoms with Crippen molar-refractivity contribution in [3.8, 4) is 28.3 Å². The molecule has 4 nitrogen and oxygen atoms in total. The number of nitrogens with zero attached hydrogens (tertiary/aromatic N) is 4. The molecule has 0 fully saturated rings. The van der Waals surface area contributed by atoms with Crippen molar-refractivity contribution in [3.05, 3.63) is 222 Å². The van der Waals surface area contributed by atoms with Gasteiger partial charge in [0, 0.05) is 45.4 Å². The van der Waals surface area contributed by atoms with Crippen LogP contribution in [0.1, 0.15) is 5.56 Å². The van der Waals surface area contributed by atoms with E-state index < -0.39 is 23.3 Å². The highest BCUT2D eigenvalue weighted by molar-refractivity contribution is 6.28. The molecule has 0 bridgehead atoms. The SMILES string of the molecule is [C-]#[N+]c1ccc(N(c2cc(F)c(-c3ccccc3)cc2F)c2ccc3ccc4c(N(c5ccc(C#N)cc5)c5cc(F)c(-c6ccccc6)cc5F)ccc5ccc2c3c54)cc1. The molecule has 10 rings (SSSR count). The molecule has 0 saturated heterocycles. The molecular formula is C54H30F4N4. The monoisotopic (exact) mass is 810 g/mol. The molecule has 0 aliphatic carbocycles. The highest BCUT2D eigenvalue weighted by Gasteiger charge is 2.26. The summed E-state index contributed by atoms with van der Waals surface area (Å²) in [7, 11) is 0. The van der Waals surface area contributed by atoms with Crippen molar-refractivity contribution in [3.63, 3.8) is 0 Å². The molecule has 0 aliphatic heterocycles. The van der Waals surface area contributed by atoms with Crippen LogP contribution < -0.4 is 9.80 Å². The predicted octanol–water partition coefficient (Wildman–Crippen LogP) is 15.8. The van der Waals surface area contributed by atoms with Gasteiger partial charge in [-0.25, -0.2) is 22.4 Å². The van der Waals surface area contributed by atoms with E-state index in [0.29, 0.717) is 55.9 Å². The lowest BCUT2D eigenvalue weighted by atomic mass is 9.91. The molecular weight excluding hydrogens is 781 g/mol. The van der Waals surface area contributed by atoms with Gasteiger partial charge in [0.25, 0.3) is 0 Å². The Bertz CT molecular complexity index is 3180. The Kier molecular flexibility index (Phi) is 9.32. The Morgan fingerprint density at radius 3 is 1.27 bits per heavy atom. The fraction of sp³-hybridized carbons (Fsp3) is 0. The summed E-state index contributed by atoms with van der Waals surface area (Å²) >= 11 is 0. The third-order valence-corrected chi connectivity index (χ3v) is 11.3. The van der Waals surface area contributed by atoms with Gasteiger partial charge < -0.3 is 9.80 Å². The molecule has 0 spiro atoms. The molecule has 0 atom stereocenters. The van der Waals surface area contributed by atoms with Crippen LogP contribution in [0, 0.1) is 41.2 Å². The summed E-state index contributed by atoms with van der Waals surface area (Å²) in [4.78, 5) is 6.84. The van der Waals surface area contributed by atoms with Crippen LogP contribution in [0.5, 0.6) is 0 Å². The van der Waals surface area contributed by atoms with Crippen molar-refractivity contribution in [2.24, 2.45) is 0 Å². The largest absolute Gasteiger partial charge is 0.307 e. The summed E-state index contributed by atoms with van der Waals surface area (Å²) < 4.78 is 65.6. The Morgan fingerprint density at radius 2 is 0.855 bits per heavy atom. The lowest BCUT2D eigenvalue weighted by molar-refractivity contribution is 0.604. The van der Waals surface area contributed by atoms with Crippen molar-refractivity contribution >= 4 is 72.1 Å². The topological polar surface area (TPSA) is 34.6 Å². The predicted molar refractivity (Wildman–Crippen MR) is 241 cm³/mol. The average molecular weight is 811 g/mol. The van der Waals surface area contributed by atoms with E-state index in [2.05, 4.69) is 10.9 Å². The summed E-state index contributed by atoms with van der Waals surface area (Å²) in [6.45, 7) is 7.53. The Hall–Kier alpha value is -8.46. The molecule has 10 aromatic rings. The van der Waals surface area contributed by atoms with Crippen LogP contribution in [0.2, 0.25) is 0 Å². The maximum atomic E-state index is 16.6. The van der Waals surface area contributed by atoms with E-state index in [1.807, 2.05) is 60.7 Å². The summed E-state index contributed by atoms with van der Waals surface area (Å²) in [5, 5.41) is 14.4. The molecule has 62 heavy (non-hydrogen) atoms. The normalized spacial score (nSPS) is 11.2. The highest BCUT2D eigenvalue weighted by Crippen LogP contribution is 2.49. The quantitative estimate of drug-likeness (QED) is 0.0871. The summed E-state index contributed by atoms with van der Waals surface area (Å²) in [5.74, 6) is -2.53. The van der Waals surface area contributed by atoms with Crippen molar-refractivity contribution in [2.45, 2.75) is 0 Å². The molecule has 294 valence electrons. The van der Waals surface area contributed by atoms with E-state index in [9.17, 15) is 5.26 Å². The second kappa shape index (κ2) is 15.3. The van der Waals surface area contributed by atoms with Gasteiger partial charge in [0.2, 0.25) is 0 Å². The molecule has 0 heterocycles. The van der Waals surface area contributed by atoms with Gasteiger partial charge in [0.1, 0.15) is 23.3 Å². The van der Waals surface area contributed by atoms with Gasteiger partial charge in [-0.1, -0.05) is 109 Å². The van der Waals surface area contributed by atoms with Gasteiger partial charge in [0.05, 0.1) is 41.0 Å². The van der Waals surface area contributed by atoms with Crippen LogP contribution in [0.25, 0.3) is 59.4 Å². The fourth-order valence-electron chi connectivity index (χ4n) is 8.43. The molecule has 0 saturated carbocycles. The van der Waals surface area contributed by atoms with Crippen LogP contribution in [0.3, 0.4) is 0 Å². The zero-order valence-electron chi connectivity index (χ0n) is 32.6. The molecule has 0 aromatic heterocycles. The van der Waals surface area contributed by atoms with E-state index >= 15 is 17.6 Å². The van der Waals surface area contributed by atoms with Crippen molar-refractivity contribution in [1.29, 1.82) is 5.26 Å². The van der Waals surface area contributed by atoms with Crippen molar-refractivity contribution in [2.75, 3.05) is 9.80 Å². The Balaban J connectivity index is 1.20. The first-order chi connectivity index (χ1) is 30.3. The van der Waals surface area contributed by atoms with E-state index in [0.717, 1.165) is 21.5 Å². The number of benzene rings is 10. The van der Waals surface area contributed by atoms with Gasteiger partial charge in [-0.3, -0.25) is 0 Å². The Morgan fingerprint density at radius 1 is 0.435 bits per heavy atom. The minimum absolute atomic E-state index is 0.0306. The van der Waals surface area contributed by atoms with Gasteiger partial charge >= 0.3 is 0 Å². The van der Waals surface area contributed by atoms with Gasteiger partial charge in [0.15, 0.2) is 5.69 Å². The molecule has 0 N–H and O–H groups in total. The first-order valence-electron chi connectivity index (χ1n) is 19.7. The van der Waals surface area contributed by atoms with Gasteiger partial charge in [-0.05, 0) is 93.3 Å². The maximum Gasteiger partial charge on any atom is 0.187 e. The lowest BCUT2D eigenvalue weighted by Gasteiger charge is -2.30. The molecule has 0 aliphatic rings. The molecule has 0 amide bonds. The second-order valence-electron chi connectivity index (χ2n) is 14.8. The van der Waals surface area contributed by atoms with Crippen molar-refractivity contribution < 1.29 is 17.6 Å². The van der Waals surface area contributed by atoms with E-state index in [-0.39, 0.29) is 22.5 Å². The molecule has 10 aromatic carbocycles. The van der Waals surface area contributed by atoms with E-state index in [1.165, 1.54) is 24.3 Å². The van der Waals surface area contributed by atoms with E-state index in [1.54, 1.807) is 107 Å². The van der Waals surface area contributed by atoms with Gasteiger partial charge in [-0.15, -0.1) is 0 Å². The number of halogens is 4. The van der Waals surface area contributed by atoms with Crippen molar-refractivity contribution in [1.82, 2.24) is 0 Å². The minimum atomic E-state index is -0.657. The zero-order chi connectivity index (χ0) is 42.5. The fourth-order valence-corrected chi connectivity index (χ4v) is 8.43. The second-order valence-corrected chi connectivity index (χ2v) is 14.8. The van der Waals surface area contributed by atoms with Crippen LogP contribution >= 0.6 is 0 Å². The Labute approximate surface area is 354 Å². The first kappa shape index (κ1) is 37.8. The van der Waals surface area contributed by atoms with Crippen LogP contribution in [0.15, 0.2) is 182 Å². The zero-order valence-corrected chi connectivity index (χ0v) is 32.6. The van der Waals surface area contributed by atoms with Crippen LogP contribution in [0.4, 0.5) is 57.4 Å². The number of hydrogen-bond donors (Lipinski definition) is 0. The molecule has 0 radical (unpaired) electrons. The summed E-state index contributed by atoms with van der Waals surface area (Å²) in [6, 6.07) is 53.2. The summed E-state index contributed by atoms with van der Waals surface area (Å²) in [6.07, 6.45) is 0.